The summed E-state index contributed by atoms with van der Waals surface area (Å²) in [6.45, 7) is 5.78. The minimum absolute atomic E-state index is 0.300. The Labute approximate surface area is 204 Å². The second-order valence-corrected chi connectivity index (χ2v) is 8.58. The molecular weight excluding hydrogens is 446 g/mol. The van der Waals surface area contributed by atoms with Crippen molar-refractivity contribution in [2.45, 2.75) is 26.8 Å². The molecule has 0 spiro atoms. The van der Waals surface area contributed by atoms with Crippen LogP contribution in [0.15, 0.2) is 46.9 Å². The van der Waals surface area contributed by atoms with E-state index in [1.807, 2.05) is 49.4 Å². The summed E-state index contributed by atoms with van der Waals surface area (Å²) in [7, 11) is 3.27. The van der Waals surface area contributed by atoms with Gasteiger partial charge in [0.2, 0.25) is 0 Å². The minimum Gasteiger partial charge on any atom is -0.493 e. The van der Waals surface area contributed by atoms with Gasteiger partial charge in [0, 0.05) is 34.8 Å². The van der Waals surface area contributed by atoms with Crippen molar-refractivity contribution >= 4 is 27.7 Å². The molecule has 1 aliphatic heterocycles. The topological polar surface area (TPSA) is 70.4 Å². The first-order valence-corrected chi connectivity index (χ1v) is 11.8. The zero-order valence-electron chi connectivity index (χ0n) is 20.5. The third-order valence-electron chi connectivity index (χ3n) is 6.49. The van der Waals surface area contributed by atoms with Gasteiger partial charge in [0.25, 0.3) is 0 Å². The summed E-state index contributed by atoms with van der Waals surface area (Å²) in [5.74, 6) is 2.42. The van der Waals surface area contributed by atoms with Crippen LogP contribution in [0.4, 0.5) is 0 Å². The monoisotopic (exact) mass is 475 g/mol. The van der Waals surface area contributed by atoms with Crippen LogP contribution >= 0.6 is 0 Å². The lowest BCUT2D eigenvalue weighted by molar-refractivity contribution is 0.0526. The maximum absolute atomic E-state index is 12.9. The molecule has 0 aliphatic carbocycles. The molecule has 0 radical (unpaired) electrons. The van der Waals surface area contributed by atoms with Crippen molar-refractivity contribution in [3.05, 3.63) is 64.9 Å². The summed E-state index contributed by atoms with van der Waals surface area (Å²) in [6.07, 6.45) is 0.810. The Balaban J connectivity index is 1.52. The van der Waals surface area contributed by atoms with E-state index in [0.29, 0.717) is 48.3 Å². The summed E-state index contributed by atoms with van der Waals surface area (Å²) in [5.41, 5.74) is 3.28. The lowest BCUT2D eigenvalue weighted by atomic mass is 9.96. The van der Waals surface area contributed by atoms with Crippen LogP contribution < -0.4 is 14.2 Å². The van der Waals surface area contributed by atoms with Crippen LogP contribution in [-0.4, -0.2) is 45.0 Å². The third-order valence-corrected chi connectivity index (χ3v) is 6.49. The van der Waals surface area contributed by atoms with Gasteiger partial charge in [0.15, 0.2) is 11.5 Å². The van der Waals surface area contributed by atoms with Crippen molar-refractivity contribution in [2.24, 2.45) is 0 Å². The molecule has 3 aromatic carbocycles. The number of nitrogens with zero attached hydrogens (tertiary/aromatic N) is 1. The van der Waals surface area contributed by atoms with Gasteiger partial charge in [-0.25, -0.2) is 4.79 Å². The third kappa shape index (κ3) is 4.06. The van der Waals surface area contributed by atoms with E-state index in [9.17, 15) is 4.79 Å². The largest absolute Gasteiger partial charge is 0.493 e. The number of ether oxygens (including phenoxy) is 4. The Morgan fingerprint density at radius 1 is 1.06 bits per heavy atom. The van der Waals surface area contributed by atoms with Gasteiger partial charge in [-0.3, -0.25) is 4.90 Å². The highest BCUT2D eigenvalue weighted by Crippen LogP contribution is 2.44. The van der Waals surface area contributed by atoms with Crippen LogP contribution in [0.2, 0.25) is 0 Å². The molecule has 0 fully saturated rings. The number of esters is 1. The summed E-state index contributed by atoms with van der Waals surface area (Å²) < 4.78 is 28.6. The number of aryl methyl sites for hydroxylation is 1. The van der Waals surface area contributed by atoms with Gasteiger partial charge < -0.3 is 23.4 Å². The maximum Gasteiger partial charge on any atom is 0.342 e. The van der Waals surface area contributed by atoms with Crippen LogP contribution in [-0.2, 0) is 17.7 Å². The van der Waals surface area contributed by atoms with Gasteiger partial charge in [-0.15, -0.1) is 0 Å². The number of methoxy groups -OCH3 is 2. The van der Waals surface area contributed by atoms with Crippen LogP contribution in [0.25, 0.3) is 21.7 Å². The van der Waals surface area contributed by atoms with Gasteiger partial charge in [-0.05, 0) is 38.0 Å². The van der Waals surface area contributed by atoms with Crippen molar-refractivity contribution in [1.82, 2.24) is 4.90 Å². The van der Waals surface area contributed by atoms with E-state index in [1.54, 1.807) is 21.1 Å². The molecule has 1 aromatic heterocycles. The van der Waals surface area contributed by atoms with Crippen molar-refractivity contribution < 1.29 is 28.2 Å². The number of hydrogen-bond acceptors (Lipinski definition) is 7. The Kier molecular flexibility index (Phi) is 6.26. The van der Waals surface area contributed by atoms with E-state index < -0.39 is 0 Å². The number of furan rings is 1. The minimum atomic E-state index is -0.372. The van der Waals surface area contributed by atoms with Gasteiger partial charge in [-0.1, -0.05) is 30.3 Å². The molecule has 0 amide bonds. The Bertz CT molecular complexity index is 1410. The van der Waals surface area contributed by atoms with Crippen LogP contribution in [0.3, 0.4) is 0 Å². The van der Waals surface area contributed by atoms with E-state index >= 15 is 0 Å². The summed E-state index contributed by atoms with van der Waals surface area (Å²) >= 11 is 0. The average Bonchev–Trinajstić information content (AvgIpc) is 3.24. The molecule has 0 N–H and O–H groups in total. The second-order valence-electron chi connectivity index (χ2n) is 8.58. The standard InChI is InChI=1S/C28H29NO6/c1-5-33-28(30)24-17(2)35-27-20-9-7-6-8-19(20)26-21(25(24)27)15-29(16-34-26)13-12-18-10-11-22(31-3)23(14-18)32-4/h6-11,14H,5,12-13,15-16H2,1-4H3. The maximum atomic E-state index is 12.9. The molecule has 0 bridgehead atoms. The molecule has 0 atom stereocenters. The van der Waals surface area contributed by atoms with Crippen LogP contribution in [0.5, 0.6) is 17.2 Å². The first kappa shape index (κ1) is 23.1. The van der Waals surface area contributed by atoms with Crippen molar-refractivity contribution in [1.29, 1.82) is 0 Å². The van der Waals surface area contributed by atoms with E-state index in [1.165, 1.54) is 0 Å². The van der Waals surface area contributed by atoms with E-state index in [-0.39, 0.29) is 5.97 Å². The predicted octanol–water partition coefficient (Wildman–Crippen LogP) is 5.48. The van der Waals surface area contributed by atoms with Crippen LogP contribution in [0.1, 0.15) is 34.2 Å². The fourth-order valence-corrected chi connectivity index (χ4v) is 4.83. The van der Waals surface area contributed by atoms with Gasteiger partial charge in [0.1, 0.15) is 29.4 Å². The van der Waals surface area contributed by atoms with Crippen molar-refractivity contribution in [2.75, 3.05) is 34.1 Å². The average molecular weight is 476 g/mol. The first-order chi connectivity index (χ1) is 17.0. The molecule has 182 valence electrons. The van der Waals surface area contributed by atoms with E-state index in [0.717, 1.165) is 46.0 Å². The van der Waals surface area contributed by atoms with Crippen molar-refractivity contribution in [3.8, 4) is 17.2 Å². The molecule has 0 saturated carbocycles. The number of rotatable bonds is 7. The normalized spacial score (nSPS) is 13.5. The first-order valence-electron chi connectivity index (χ1n) is 11.8. The lowest BCUT2D eigenvalue weighted by Gasteiger charge is -2.30. The molecule has 4 aromatic rings. The predicted molar refractivity (Wildman–Crippen MR) is 134 cm³/mol. The van der Waals surface area contributed by atoms with Gasteiger partial charge >= 0.3 is 5.97 Å². The quantitative estimate of drug-likeness (QED) is 0.328. The molecule has 35 heavy (non-hydrogen) atoms. The van der Waals surface area contributed by atoms with Gasteiger partial charge in [-0.2, -0.15) is 0 Å². The zero-order chi connectivity index (χ0) is 24.5. The molecule has 0 unspecified atom stereocenters. The number of hydrogen-bond donors (Lipinski definition) is 0. The van der Waals surface area contributed by atoms with E-state index in [2.05, 4.69) is 4.90 Å². The molecule has 7 heteroatoms. The Hall–Kier alpha value is -3.71. The smallest absolute Gasteiger partial charge is 0.342 e. The number of benzene rings is 3. The SMILES string of the molecule is CCOC(=O)c1c(C)oc2c1c1c(c3ccccc32)OCN(CCc2ccc(OC)c(OC)c2)C1. The highest BCUT2D eigenvalue weighted by atomic mass is 16.5. The van der Waals surface area contributed by atoms with Crippen LogP contribution in [0, 0.1) is 6.92 Å². The molecule has 1 aliphatic rings. The fraction of sp³-hybridized carbons (Fsp3) is 0.321. The fourth-order valence-electron chi connectivity index (χ4n) is 4.83. The van der Waals surface area contributed by atoms with Crippen molar-refractivity contribution in [3.63, 3.8) is 0 Å². The molecule has 7 nitrogen and oxygen atoms in total. The number of carbonyl (C=O) groups is 1. The summed E-state index contributed by atoms with van der Waals surface area (Å²) in [5, 5.41) is 2.70. The molecule has 0 saturated heterocycles. The van der Waals surface area contributed by atoms with Gasteiger partial charge in [0.05, 0.1) is 20.8 Å². The highest BCUT2D eigenvalue weighted by molar-refractivity contribution is 6.16. The van der Waals surface area contributed by atoms with E-state index in [4.69, 9.17) is 23.4 Å². The molecular formula is C28H29NO6. The number of carbonyl (C=O) groups excluding carboxylic acids is 1. The summed E-state index contributed by atoms with van der Waals surface area (Å²) in [6, 6.07) is 14.0. The molecule has 2 heterocycles. The molecule has 5 rings (SSSR count). The summed E-state index contributed by atoms with van der Waals surface area (Å²) in [4.78, 5) is 15.1. The zero-order valence-corrected chi connectivity index (χ0v) is 20.5. The lowest BCUT2D eigenvalue weighted by Crippen LogP contribution is -2.34. The number of fused-ring (bicyclic) bond motifs is 6. The highest BCUT2D eigenvalue weighted by Gasteiger charge is 2.30. The second kappa shape index (κ2) is 9.50. The Morgan fingerprint density at radius 3 is 2.57 bits per heavy atom. The Morgan fingerprint density at radius 2 is 1.83 bits per heavy atom.